The van der Waals surface area contributed by atoms with E-state index in [0.717, 1.165) is 12.2 Å². The molecule has 2 atom stereocenters. The number of hydrogen-bond acceptors (Lipinski definition) is 4. The Kier molecular flexibility index (Phi) is 5.38. The van der Waals surface area contributed by atoms with Crippen LogP contribution >= 0.6 is 0 Å². The van der Waals surface area contributed by atoms with Gasteiger partial charge in [0.25, 0.3) is 0 Å². The number of anilines is 1. The molecule has 2 unspecified atom stereocenters. The molecular weight excluding hydrogens is 256 g/mol. The monoisotopic (exact) mass is 278 g/mol. The summed E-state index contributed by atoms with van der Waals surface area (Å²) in [6, 6.07) is 7.96. The molecule has 1 amide bonds. The number of carbonyl (C=O) groups is 1. The second-order valence-corrected chi connectivity index (χ2v) is 5.10. The van der Waals surface area contributed by atoms with Crippen molar-refractivity contribution in [2.24, 2.45) is 0 Å². The first-order valence-corrected chi connectivity index (χ1v) is 6.96. The number of rotatable bonds is 7. The topological polar surface area (TPSA) is 70.6 Å². The van der Waals surface area contributed by atoms with Crippen molar-refractivity contribution >= 4 is 11.6 Å². The predicted octanol–water partition coefficient (Wildman–Crippen LogP) is 1.10. The molecule has 0 fully saturated rings. The number of nitrogens with one attached hydrogen (secondary N) is 2. The fourth-order valence-electron chi connectivity index (χ4n) is 2.60. The minimum Gasteiger partial charge on any atom is -0.396 e. The maximum atomic E-state index is 12.1. The summed E-state index contributed by atoms with van der Waals surface area (Å²) >= 11 is 0. The molecule has 0 saturated heterocycles. The third kappa shape index (κ3) is 3.71. The molecule has 1 aliphatic rings. The van der Waals surface area contributed by atoms with E-state index in [4.69, 9.17) is 9.84 Å². The number of ether oxygens (including phenoxy) is 1. The Morgan fingerprint density at radius 2 is 2.35 bits per heavy atom. The van der Waals surface area contributed by atoms with Crippen LogP contribution < -0.4 is 10.6 Å². The van der Waals surface area contributed by atoms with E-state index in [1.165, 1.54) is 5.56 Å². The number of carbonyl (C=O) groups excluding carboxylic acids is 1. The zero-order chi connectivity index (χ0) is 14.4. The maximum Gasteiger partial charge on any atom is 0.220 e. The number of hydrogen-bond donors (Lipinski definition) is 3. The van der Waals surface area contributed by atoms with E-state index in [-0.39, 0.29) is 24.5 Å². The molecule has 1 heterocycles. The lowest BCUT2D eigenvalue weighted by Gasteiger charge is -2.18. The van der Waals surface area contributed by atoms with Crippen LogP contribution in [-0.2, 0) is 9.53 Å². The number of benzene rings is 1. The van der Waals surface area contributed by atoms with E-state index in [2.05, 4.69) is 16.7 Å². The Labute approximate surface area is 119 Å². The van der Waals surface area contributed by atoms with Gasteiger partial charge in [-0.2, -0.15) is 0 Å². The van der Waals surface area contributed by atoms with Gasteiger partial charge in [-0.3, -0.25) is 4.79 Å². The quantitative estimate of drug-likeness (QED) is 0.698. The van der Waals surface area contributed by atoms with E-state index in [1.54, 1.807) is 7.11 Å². The molecule has 2 rings (SSSR count). The SMILES string of the molecule is COCC(CCO)NC(=O)CC1CNc2ccccc21. The molecule has 0 saturated carbocycles. The summed E-state index contributed by atoms with van der Waals surface area (Å²) in [5.74, 6) is 0.215. The Hall–Kier alpha value is -1.59. The predicted molar refractivity (Wildman–Crippen MR) is 77.8 cm³/mol. The Morgan fingerprint density at radius 3 is 3.10 bits per heavy atom. The minimum atomic E-state index is -0.123. The van der Waals surface area contributed by atoms with Gasteiger partial charge in [-0.05, 0) is 18.1 Å². The minimum absolute atomic E-state index is 0.00371. The average Bonchev–Trinajstić information content (AvgIpc) is 2.83. The first kappa shape index (κ1) is 14.8. The van der Waals surface area contributed by atoms with Crippen molar-refractivity contribution in [1.82, 2.24) is 5.32 Å². The van der Waals surface area contributed by atoms with Crippen LogP contribution in [0.1, 0.15) is 24.3 Å². The molecule has 0 spiro atoms. The fourth-order valence-corrected chi connectivity index (χ4v) is 2.60. The summed E-state index contributed by atoms with van der Waals surface area (Å²) in [6.45, 7) is 1.26. The molecule has 0 aromatic heterocycles. The zero-order valence-electron chi connectivity index (χ0n) is 11.8. The van der Waals surface area contributed by atoms with E-state index in [1.807, 2.05) is 18.2 Å². The molecular formula is C15H22N2O3. The maximum absolute atomic E-state index is 12.1. The van der Waals surface area contributed by atoms with Gasteiger partial charge in [0.1, 0.15) is 0 Å². The molecule has 5 heteroatoms. The highest BCUT2D eigenvalue weighted by atomic mass is 16.5. The molecule has 1 aromatic carbocycles. The van der Waals surface area contributed by atoms with Gasteiger partial charge < -0.3 is 20.5 Å². The van der Waals surface area contributed by atoms with E-state index < -0.39 is 0 Å². The van der Waals surface area contributed by atoms with Crippen LogP contribution in [0.2, 0.25) is 0 Å². The molecule has 5 nitrogen and oxygen atoms in total. The van der Waals surface area contributed by atoms with E-state index in [9.17, 15) is 4.79 Å². The summed E-state index contributed by atoms with van der Waals surface area (Å²) in [4.78, 5) is 12.1. The number of methoxy groups -OCH3 is 1. The standard InChI is InChI=1S/C15H22N2O3/c1-20-10-12(6-7-18)17-15(19)8-11-9-16-14-5-3-2-4-13(11)14/h2-5,11-12,16,18H,6-10H2,1H3,(H,17,19). The molecule has 3 N–H and O–H groups in total. The third-order valence-corrected chi connectivity index (χ3v) is 3.58. The summed E-state index contributed by atoms with van der Waals surface area (Å²) in [6.07, 6.45) is 0.967. The highest BCUT2D eigenvalue weighted by molar-refractivity contribution is 5.78. The van der Waals surface area contributed by atoms with Crippen molar-refractivity contribution in [2.45, 2.75) is 24.8 Å². The summed E-state index contributed by atoms with van der Waals surface area (Å²) in [5, 5.41) is 15.2. The molecule has 20 heavy (non-hydrogen) atoms. The molecule has 0 aliphatic carbocycles. The van der Waals surface area contributed by atoms with Crippen molar-refractivity contribution in [2.75, 3.05) is 32.2 Å². The second kappa shape index (κ2) is 7.26. The van der Waals surface area contributed by atoms with Gasteiger partial charge in [0.05, 0.1) is 12.6 Å². The van der Waals surface area contributed by atoms with Crippen molar-refractivity contribution in [3.63, 3.8) is 0 Å². The molecule has 0 bridgehead atoms. The van der Waals surface area contributed by atoms with Crippen LogP contribution in [0, 0.1) is 0 Å². The van der Waals surface area contributed by atoms with E-state index >= 15 is 0 Å². The lowest BCUT2D eigenvalue weighted by atomic mass is 9.97. The van der Waals surface area contributed by atoms with Crippen molar-refractivity contribution < 1.29 is 14.6 Å². The van der Waals surface area contributed by atoms with Gasteiger partial charge >= 0.3 is 0 Å². The lowest BCUT2D eigenvalue weighted by molar-refractivity contribution is -0.122. The summed E-state index contributed by atoms with van der Waals surface area (Å²) in [5.41, 5.74) is 2.32. The van der Waals surface area contributed by atoms with Gasteiger partial charge in [0.15, 0.2) is 0 Å². The lowest BCUT2D eigenvalue weighted by Crippen LogP contribution is -2.39. The summed E-state index contributed by atoms with van der Waals surface area (Å²) < 4.78 is 5.05. The van der Waals surface area contributed by atoms with Crippen LogP contribution in [0.15, 0.2) is 24.3 Å². The van der Waals surface area contributed by atoms with Gasteiger partial charge in [-0.15, -0.1) is 0 Å². The van der Waals surface area contributed by atoms with Crippen molar-refractivity contribution in [3.8, 4) is 0 Å². The van der Waals surface area contributed by atoms with Crippen LogP contribution in [0.3, 0.4) is 0 Å². The molecule has 0 radical (unpaired) electrons. The first-order chi connectivity index (χ1) is 9.74. The Morgan fingerprint density at radius 1 is 1.55 bits per heavy atom. The third-order valence-electron chi connectivity index (χ3n) is 3.58. The van der Waals surface area contributed by atoms with Gasteiger partial charge in [-0.1, -0.05) is 18.2 Å². The highest BCUT2D eigenvalue weighted by Crippen LogP contribution is 2.32. The largest absolute Gasteiger partial charge is 0.396 e. The van der Waals surface area contributed by atoms with Gasteiger partial charge in [-0.25, -0.2) is 0 Å². The highest BCUT2D eigenvalue weighted by Gasteiger charge is 2.24. The average molecular weight is 278 g/mol. The fraction of sp³-hybridized carbons (Fsp3) is 0.533. The number of para-hydroxylation sites is 1. The molecule has 1 aliphatic heterocycles. The number of fused-ring (bicyclic) bond motifs is 1. The summed E-state index contributed by atoms with van der Waals surface area (Å²) in [7, 11) is 1.59. The van der Waals surface area contributed by atoms with Crippen molar-refractivity contribution in [3.05, 3.63) is 29.8 Å². The van der Waals surface area contributed by atoms with Gasteiger partial charge in [0.2, 0.25) is 5.91 Å². The number of amides is 1. The smallest absolute Gasteiger partial charge is 0.220 e. The Bertz CT molecular complexity index is 444. The number of aliphatic hydroxyl groups is 1. The first-order valence-electron chi connectivity index (χ1n) is 6.96. The molecule has 110 valence electrons. The zero-order valence-corrected chi connectivity index (χ0v) is 11.8. The van der Waals surface area contributed by atoms with Crippen LogP contribution in [0.4, 0.5) is 5.69 Å². The number of aliphatic hydroxyl groups excluding tert-OH is 1. The molecule has 1 aromatic rings. The Balaban J connectivity index is 1.89. The van der Waals surface area contributed by atoms with Crippen LogP contribution in [0.5, 0.6) is 0 Å². The van der Waals surface area contributed by atoms with Crippen LogP contribution in [-0.4, -0.2) is 43.9 Å². The normalized spacial score (nSPS) is 18.2. The second-order valence-electron chi connectivity index (χ2n) is 5.10. The van der Waals surface area contributed by atoms with Crippen LogP contribution in [0.25, 0.3) is 0 Å². The van der Waals surface area contributed by atoms with Crippen molar-refractivity contribution in [1.29, 1.82) is 0 Å². The van der Waals surface area contributed by atoms with E-state index in [0.29, 0.717) is 19.4 Å². The van der Waals surface area contributed by atoms with Gasteiger partial charge in [0, 0.05) is 38.3 Å².